The van der Waals surface area contributed by atoms with Gasteiger partial charge in [0.05, 0.1) is 8.07 Å². The number of hydrogen-bond acceptors (Lipinski definition) is 1. The first-order valence-corrected chi connectivity index (χ1v) is 7.69. The van der Waals surface area contributed by atoms with Gasteiger partial charge >= 0.3 is 0 Å². The molecule has 0 aliphatic carbocycles. The van der Waals surface area contributed by atoms with Crippen LogP contribution >= 0.6 is 0 Å². The fourth-order valence-corrected chi connectivity index (χ4v) is 1.69. The maximum Gasteiger partial charge on any atom is 0.243 e. The number of amides is 1. The van der Waals surface area contributed by atoms with Gasteiger partial charge in [0.2, 0.25) is 5.91 Å². The third-order valence-corrected chi connectivity index (χ3v) is 7.70. The highest BCUT2D eigenvalue weighted by Crippen LogP contribution is 2.36. The number of rotatable bonds is 2. The summed E-state index contributed by atoms with van der Waals surface area (Å²) in [4.78, 5) is 11.0. The lowest BCUT2D eigenvalue weighted by molar-refractivity contribution is -0.116. The van der Waals surface area contributed by atoms with Crippen LogP contribution < -0.4 is 5.32 Å². The Morgan fingerprint density at radius 3 is 2.08 bits per heavy atom. The van der Waals surface area contributed by atoms with Gasteiger partial charge in [0, 0.05) is 7.05 Å². The smallest absolute Gasteiger partial charge is 0.243 e. The molecule has 0 aromatic heterocycles. The second-order valence-electron chi connectivity index (χ2n) is 4.92. The molecule has 0 aliphatic rings. The number of carbonyl (C=O) groups is 1. The SMILES string of the molecule is CNC(=O)/C=C/[Si](C)(C)C(C)(C)C. The van der Waals surface area contributed by atoms with Crippen LogP contribution in [0, 0.1) is 0 Å². The fourth-order valence-electron chi connectivity index (χ4n) is 0.617. The first-order valence-electron chi connectivity index (χ1n) is 4.61. The zero-order valence-corrected chi connectivity index (χ0v) is 10.6. The molecule has 0 atom stereocenters. The van der Waals surface area contributed by atoms with Crippen molar-refractivity contribution in [2.75, 3.05) is 7.05 Å². The fraction of sp³-hybridized carbons (Fsp3) is 0.700. The van der Waals surface area contributed by atoms with E-state index in [4.69, 9.17) is 0 Å². The molecule has 0 rings (SSSR count). The van der Waals surface area contributed by atoms with Crippen molar-refractivity contribution in [3.8, 4) is 0 Å². The van der Waals surface area contributed by atoms with Crippen molar-refractivity contribution in [3.63, 3.8) is 0 Å². The van der Waals surface area contributed by atoms with Crippen LogP contribution in [0.4, 0.5) is 0 Å². The van der Waals surface area contributed by atoms with E-state index >= 15 is 0 Å². The highest BCUT2D eigenvalue weighted by atomic mass is 28.3. The van der Waals surface area contributed by atoms with Crippen LogP contribution in [0.3, 0.4) is 0 Å². The van der Waals surface area contributed by atoms with E-state index in [1.54, 1.807) is 13.1 Å². The molecule has 1 amide bonds. The lowest BCUT2D eigenvalue weighted by Crippen LogP contribution is -2.35. The third kappa shape index (κ3) is 3.76. The van der Waals surface area contributed by atoms with Crippen molar-refractivity contribution < 1.29 is 4.79 Å². The minimum Gasteiger partial charge on any atom is -0.356 e. The van der Waals surface area contributed by atoms with Crippen LogP contribution in [0.2, 0.25) is 18.1 Å². The van der Waals surface area contributed by atoms with Gasteiger partial charge in [0.1, 0.15) is 0 Å². The molecule has 0 aromatic rings. The Hall–Kier alpha value is -0.573. The number of carbonyl (C=O) groups excluding carboxylic acids is 1. The van der Waals surface area contributed by atoms with Crippen LogP contribution in [0.1, 0.15) is 20.8 Å². The summed E-state index contributed by atoms with van der Waals surface area (Å²) in [6.07, 6.45) is 1.66. The molecule has 0 aliphatic heterocycles. The summed E-state index contributed by atoms with van der Waals surface area (Å²) in [5, 5.41) is 2.89. The molecule has 0 radical (unpaired) electrons. The van der Waals surface area contributed by atoms with Crippen LogP contribution in [0.25, 0.3) is 0 Å². The quantitative estimate of drug-likeness (QED) is 0.537. The molecule has 76 valence electrons. The summed E-state index contributed by atoms with van der Waals surface area (Å²) in [5.41, 5.74) is 2.10. The molecule has 0 spiro atoms. The maximum absolute atomic E-state index is 11.0. The first kappa shape index (κ1) is 12.4. The van der Waals surface area contributed by atoms with Gasteiger partial charge < -0.3 is 5.32 Å². The lowest BCUT2D eigenvalue weighted by atomic mass is 10.2. The first-order chi connectivity index (χ1) is 5.70. The largest absolute Gasteiger partial charge is 0.356 e. The van der Waals surface area contributed by atoms with Crippen molar-refractivity contribution in [1.82, 2.24) is 5.32 Å². The standard InChI is InChI=1S/C10H21NOSi/c1-10(2,3)13(5,6)8-7-9(12)11-4/h7-8H,1-6H3,(H,11,12)/b8-7+. The second kappa shape index (κ2) is 4.09. The summed E-state index contributed by atoms with van der Waals surface area (Å²) in [5.74, 6) is -0.00942. The zero-order valence-electron chi connectivity index (χ0n) is 9.56. The molecule has 0 saturated heterocycles. The Morgan fingerprint density at radius 1 is 1.31 bits per heavy atom. The molecular weight excluding hydrogens is 178 g/mol. The minimum absolute atomic E-state index is 0.00942. The number of nitrogens with one attached hydrogen (secondary N) is 1. The van der Waals surface area contributed by atoms with Gasteiger partial charge in [-0.15, -0.1) is 0 Å². The van der Waals surface area contributed by atoms with Gasteiger partial charge in [-0.25, -0.2) is 0 Å². The summed E-state index contributed by atoms with van der Waals surface area (Å²) >= 11 is 0. The van der Waals surface area contributed by atoms with Gasteiger partial charge in [0.25, 0.3) is 0 Å². The zero-order chi connectivity index (χ0) is 10.7. The maximum atomic E-state index is 11.0. The van der Waals surface area contributed by atoms with E-state index in [9.17, 15) is 4.79 Å². The van der Waals surface area contributed by atoms with Crippen molar-refractivity contribution in [2.45, 2.75) is 38.9 Å². The molecule has 0 saturated carbocycles. The van der Waals surface area contributed by atoms with Crippen molar-refractivity contribution >= 4 is 14.0 Å². The molecule has 1 N–H and O–H groups in total. The van der Waals surface area contributed by atoms with Crippen LogP contribution in [0.5, 0.6) is 0 Å². The molecule has 0 heterocycles. The summed E-state index contributed by atoms with van der Waals surface area (Å²) < 4.78 is 0. The van der Waals surface area contributed by atoms with E-state index in [1.807, 2.05) is 0 Å². The van der Waals surface area contributed by atoms with Gasteiger partial charge in [-0.1, -0.05) is 39.6 Å². The normalized spacial score (nSPS) is 13.4. The van der Waals surface area contributed by atoms with Gasteiger partial charge in [-0.3, -0.25) is 4.79 Å². The van der Waals surface area contributed by atoms with Crippen LogP contribution in [-0.2, 0) is 4.79 Å². The molecular formula is C10H21NOSi. The molecule has 2 nitrogen and oxygen atoms in total. The average molecular weight is 199 g/mol. The van der Waals surface area contributed by atoms with Gasteiger partial charge in [-0.2, -0.15) is 0 Å². The highest BCUT2D eigenvalue weighted by Gasteiger charge is 2.32. The Bertz CT molecular complexity index is 213. The van der Waals surface area contributed by atoms with E-state index < -0.39 is 8.07 Å². The minimum atomic E-state index is -1.43. The Kier molecular flexibility index (Phi) is 3.91. The topological polar surface area (TPSA) is 29.1 Å². The molecule has 0 fully saturated rings. The predicted molar refractivity (Wildman–Crippen MR) is 60.4 cm³/mol. The Morgan fingerprint density at radius 2 is 1.77 bits per heavy atom. The summed E-state index contributed by atoms with van der Waals surface area (Å²) in [6, 6.07) is 0. The monoisotopic (exact) mass is 199 g/mol. The number of hydrogen-bond donors (Lipinski definition) is 1. The third-order valence-electron chi connectivity index (χ3n) is 2.83. The molecule has 3 heteroatoms. The van der Waals surface area contributed by atoms with Crippen LogP contribution in [-0.4, -0.2) is 21.0 Å². The Balaban J connectivity index is 4.51. The van der Waals surface area contributed by atoms with E-state index in [2.05, 4.69) is 44.9 Å². The van der Waals surface area contributed by atoms with Crippen LogP contribution in [0.15, 0.2) is 11.8 Å². The molecule has 0 unspecified atom stereocenters. The summed E-state index contributed by atoms with van der Waals surface area (Å²) in [6.45, 7) is 11.2. The Labute approximate surface area is 82.4 Å². The van der Waals surface area contributed by atoms with Crippen molar-refractivity contribution in [3.05, 3.63) is 11.8 Å². The molecule has 0 bridgehead atoms. The second-order valence-corrected chi connectivity index (χ2v) is 10.2. The van der Waals surface area contributed by atoms with E-state index in [-0.39, 0.29) is 5.91 Å². The summed E-state index contributed by atoms with van der Waals surface area (Å²) in [7, 11) is 0.226. The van der Waals surface area contributed by atoms with E-state index in [0.717, 1.165) is 0 Å². The average Bonchev–Trinajstić information content (AvgIpc) is 1.98. The number of likely N-dealkylation sites (N-methyl/N-ethyl adjacent to an activating group) is 1. The van der Waals surface area contributed by atoms with Crippen molar-refractivity contribution in [2.24, 2.45) is 0 Å². The van der Waals surface area contributed by atoms with E-state index in [0.29, 0.717) is 5.04 Å². The molecule has 0 aromatic carbocycles. The van der Waals surface area contributed by atoms with Gasteiger partial charge in [-0.05, 0) is 11.1 Å². The highest BCUT2D eigenvalue weighted by molar-refractivity contribution is 6.84. The van der Waals surface area contributed by atoms with Gasteiger partial charge in [0.15, 0.2) is 0 Å². The lowest BCUT2D eigenvalue weighted by Gasteiger charge is -2.33. The van der Waals surface area contributed by atoms with Crippen molar-refractivity contribution in [1.29, 1.82) is 0 Å². The van der Waals surface area contributed by atoms with E-state index in [1.165, 1.54) is 0 Å². The molecule has 13 heavy (non-hydrogen) atoms. The predicted octanol–water partition coefficient (Wildman–Crippen LogP) is 2.34.